The number of carbonyl (C=O) groups excluding carboxylic acids is 1. The summed E-state index contributed by atoms with van der Waals surface area (Å²) >= 11 is 0. The SMILES string of the molecule is CC(C)=CCN1CC=C2C(C)(C)[C@@H](NC(=O)C(F)(F)F)CC[C@]2(C)C1. The van der Waals surface area contributed by atoms with Crippen LogP contribution >= 0.6 is 0 Å². The number of amides is 1. The second-order valence-corrected chi connectivity index (χ2v) is 8.44. The number of hydrogen-bond donors (Lipinski definition) is 1. The molecule has 2 aliphatic rings. The Balaban J connectivity index is 2.19. The van der Waals surface area contributed by atoms with E-state index in [-0.39, 0.29) is 5.41 Å². The number of halogens is 3. The molecular weight excluding hydrogens is 329 g/mol. The summed E-state index contributed by atoms with van der Waals surface area (Å²) < 4.78 is 37.9. The second-order valence-electron chi connectivity index (χ2n) is 8.44. The van der Waals surface area contributed by atoms with E-state index in [4.69, 9.17) is 0 Å². The van der Waals surface area contributed by atoms with Crippen LogP contribution in [0.4, 0.5) is 13.2 Å². The van der Waals surface area contributed by atoms with Crippen molar-refractivity contribution in [1.82, 2.24) is 10.2 Å². The minimum absolute atomic E-state index is 0.0588. The summed E-state index contributed by atoms with van der Waals surface area (Å²) in [6.07, 6.45) is 0.852. The second kappa shape index (κ2) is 6.78. The van der Waals surface area contributed by atoms with Crippen molar-refractivity contribution in [3.8, 4) is 0 Å². The van der Waals surface area contributed by atoms with Gasteiger partial charge in [-0.15, -0.1) is 0 Å². The number of hydrogen-bond acceptors (Lipinski definition) is 2. The first kappa shape index (κ1) is 20.0. The summed E-state index contributed by atoms with van der Waals surface area (Å²) in [7, 11) is 0. The Kier molecular flexibility index (Phi) is 5.43. The quantitative estimate of drug-likeness (QED) is 0.772. The van der Waals surface area contributed by atoms with Crippen LogP contribution in [0.25, 0.3) is 0 Å². The van der Waals surface area contributed by atoms with E-state index in [0.29, 0.717) is 6.42 Å². The number of allylic oxidation sites excluding steroid dienone is 1. The first-order chi connectivity index (χ1) is 11.4. The highest BCUT2D eigenvalue weighted by Crippen LogP contribution is 2.52. The van der Waals surface area contributed by atoms with Gasteiger partial charge in [-0.3, -0.25) is 9.69 Å². The minimum atomic E-state index is -4.83. The lowest BCUT2D eigenvalue weighted by molar-refractivity contribution is -0.175. The molecule has 6 heteroatoms. The molecule has 1 heterocycles. The average Bonchev–Trinajstić information content (AvgIpc) is 2.46. The lowest BCUT2D eigenvalue weighted by Gasteiger charge is -2.54. The predicted octanol–water partition coefficient (Wildman–Crippen LogP) is 4.07. The third-order valence-electron chi connectivity index (χ3n) is 5.65. The molecule has 0 aromatic carbocycles. The van der Waals surface area contributed by atoms with Crippen molar-refractivity contribution < 1.29 is 18.0 Å². The zero-order chi connectivity index (χ0) is 19.0. The number of fused-ring (bicyclic) bond motifs is 1. The van der Waals surface area contributed by atoms with E-state index in [1.165, 1.54) is 11.1 Å². The van der Waals surface area contributed by atoms with Crippen LogP contribution in [0.2, 0.25) is 0 Å². The van der Waals surface area contributed by atoms with Crippen LogP contribution in [0, 0.1) is 10.8 Å². The van der Waals surface area contributed by atoms with Gasteiger partial charge < -0.3 is 5.32 Å². The van der Waals surface area contributed by atoms with Gasteiger partial charge in [0.2, 0.25) is 0 Å². The Labute approximate surface area is 148 Å². The van der Waals surface area contributed by atoms with Crippen molar-refractivity contribution in [1.29, 1.82) is 0 Å². The monoisotopic (exact) mass is 358 g/mol. The van der Waals surface area contributed by atoms with Crippen LogP contribution in [0.5, 0.6) is 0 Å². The van der Waals surface area contributed by atoms with Gasteiger partial charge >= 0.3 is 12.1 Å². The fourth-order valence-electron chi connectivity index (χ4n) is 4.32. The number of carbonyl (C=O) groups is 1. The van der Waals surface area contributed by atoms with Gasteiger partial charge in [-0.05, 0) is 26.7 Å². The molecule has 25 heavy (non-hydrogen) atoms. The maximum atomic E-state index is 12.6. The highest BCUT2D eigenvalue weighted by Gasteiger charge is 2.51. The van der Waals surface area contributed by atoms with Gasteiger partial charge in [0.1, 0.15) is 0 Å². The first-order valence-electron chi connectivity index (χ1n) is 8.81. The lowest BCUT2D eigenvalue weighted by Crippen LogP contribution is -2.57. The van der Waals surface area contributed by atoms with Crippen LogP contribution < -0.4 is 5.32 Å². The largest absolute Gasteiger partial charge is 0.471 e. The molecule has 0 bridgehead atoms. The smallest absolute Gasteiger partial charge is 0.345 e. The van der Waals surface area contributed by atoms with Crippen LogP contribution in [-0.4, -0.2) is 42.7 Å². The fourth-order valence-corrected chi connectivity index (χ4v) is 4.32. The van der Waals surface area contributed by atoms with E-state index < -0.39 is 23.5 Å². The van der Waals surface area contributed by atoms with Crippen LogP contribution in [0.3, 0.4) is 0 Å². The molecule has 1 N–H and O–H groups in total. The van der Waals surface area contributed by atoms with E-state index in [0.717, 1.165) is 26.1 Å². The van der Waals surface area contributed by atoms with Crippen molar-refractivity contribution >= 4 is 5.91 Å². The molecule has 1 aliphatic heterocycles. The number of alkyl halides is 3. The van der Waals surface area contributed by atoms with Crippen LogP contribution in [-0.2, 0) is 4.79 Å². The molecule has 3 nitrogen and oxygen atoms in total. The van der Waals surface area contributed by atoms with Gasteiger partial charge in [-0.1, -0.05) is 44.1 Å². The lowest BCUT2D eigenvalue weighted by atomic mass is 9.57. The van der Waals surface area contributed by atoms with Crippen molar-refractivity contribution in [2.75, 3.05) is 19.6 Å². The van der Waals surface area contributed by atoms with Gasteiger partial charge in [0.05, 0.1) is 0 Å². The summed E-state index contributed by atoms with van der Waals surface area (Å²) in [5, 5.41) is 2.22. The topological polar surface area (TPSA) is 32.3 Å². The molecule has 1 saturated carbocycles. The standard InChI is InChI=1S/C19H29F3N2O/c1-13(2)7-10-24-11-8-14-17(3,4)15(6-9-18(14,5)12-24)23-16(25)19(20,21)22/h7-8,15H,6,9-12H2,1-5H3,(H,23,25)/t15-,18+/m0/s1. The highest BCUT2D eigenvalue weighted by atomic mass is 19.4. The number of nitrogens with one attached hydrogen (secondary N) is 1. The highest BCUT2D eigenvalue weighted by molar-refractivity contribution is 5.82. The van der Waals surface area contributed by atoms with Gasteiger partial charge in [0.25, 0.3) is 0 Å². The Morgan fingerprint density at radius 3 is 2.56 bits per heavy atom. The van der Waals surface area contributed by atoms with Crippen molar-refractivity contribution in [3.05, 3.63) is 23.3 Å². The van der Waals surface area contributed by atoms with Crippen molar-refractivity contribution in [2.24, 2.45) is 10.8 Å². The molecule has 0 spiro atoms. The molecule has 0 aromatic heterocycles. The zero-order valence-corrected chi connectivity index (χ0v) is 15.8. The van der Waals surface area contributed by atoms with Crippen molar-refractivity contribution in [2.45, 2.75) is 59.7 Å². The average molecular weight is 358 g/mol. The van der Waals surface area contributed by atoms with Crippen molar-refractivity contribution in [3.63, 3.8) is 0 Å². The molecule has 2 rings (SSSR count). The summed E-state index contributed by atoms with van der Waals surface area (Å²) in [6, 6.07) is -0.495. The molecule has 0 aromatic rings. The third kappa shape index (κ3) is 4.27. The normalized spacial score (nSPS) is 29.4. The van der Waals surface area contributed by atoms with Gasteiger partial charge in [0.15, 0.2) is 0 Å². The van der Waals surface area contributed by atoms with Gasteiger partial charge in [0, 0.05) is 36.5 Å². The molecule has 0 unspecified atom stereocenters. The maximum absolute atomic E-state index is 12.6. The molecule has 0 radical (unpaired) electrons. The van der Waals surface area contributed by atoms with Gasteiger partial charge in [-0.25, -0.2) is 0 Å². The number of rotatable bonds is 3. The molecule has 1 fully saturated rings. The van der Waals surface area contributed by atoms with E-state index in [1.54, 1.807) is 0 Å². The third-order valence-corrected chi connectivity index (χ3v) is 5.65. The summed E-state index contributed by atoms with van der Waals surface area (Å²) in [6.45, 7) is 12.8. The molecule has 1 amide bonds. The summed E-state index contributed by atoms with van der Waals surface area (Å²) in [5.41, 5.74) is 1.90. The Hall–Kier alpha value is -1.30. The van der Waals surface area contributed by atoms with Crippen LogP contribution in [0.15, 0.2) is 23.3 Å². The number of nitrogens with zero attached hydrogens (tertiary/aromatic N) is 1. The maximum Gasteiger partial charge on any atom is 0.471 e. The van der Waals surface area contributed by atoms with E-state index in [2.05, 4.69) is 43.1 Å². The Morgan fingerprint density at radius 1 is 1.36 bits per heavy atom. The van der Waals surface area contributed by atoms with E-state index in [1.807, 2.05) is 13.8 Å². The van der Waals surface area contributed by atoms with E-state index in [9.17, 15) is 18.0 Å². The molecular formula is C19H29F3N2O. The van der Waals surface area contributed by atoms with Gasteiger partial charge in [-0.2, -0.15) is 13.2 Å². The summed E-state index contributed by atoms with van der Waals surface area (Å²) in [4.78, 5) is 13.8. The Bertz CT molecular complexity index is 588. The molecule has 1 aliphatic carbocycles. The fraction of sp³-hybridized carbons (Fsp3) is 0.737. The predicted molar refractivity (Wildman–Crippen MR) is 93.1 cm³/mol. The first-order valence-corrected chi connectivity index (χ1v) is 8.81. The van der Waals surface area contributed by atoms with E-state index >= 15 is 0 Å². The molecule has 0 saturated heterocycles. The zero-order valence-electron chi connectivity index (χ0n) is 15.8. The molecule has 2 atom stereocenters. The molecule has 142 valence electrons. The Morgan fingerprint density at radius 2 is 2.00 bits per heavy atom. The summed E-state index contributed by atoms with van der Waals surface area (Å²) in [5.74, 6) is -1.84. The van der Waals surface area contributed by atoms with Crippen LogP contribution in [0.1, 0.15) is 47.5 Å². The minimum Gasteiger partial charge on any atom is -0.345 e.